The van der Waals surface area contributed by atoms with E-state index in [2.05, 4.69) is 50.2 Å². The van der Waals surface area contributed by atoms with Crippen LogP contribution in [0.15, 0.2) is 51.4 Å². The van der Waals surface area contributed by atoms with Gasteiger partial charge in [0.15, 0.2) is 6.61 Å². The molecule has 1 amide bonds. The number of hydrogen-bond acceptors (Lipinski definition) is 2. The lowest BCUT2D eigenvalue weighted by Crippen LogP contribution is -2.20. The maximum Gasteiger partial charge on any atom is 0.262 e. The summed E-state index contributed by atoms with van der Waals surface area (Å²) in [6.07, 6.45) is 3.39. The van der Waals surface area contributed by atoms with Gasteiger partial charge in [-0.1, -0.05) is 35.3 Å². The predicted octanol–water partition coefficient (Wildman–Crippen LogP) is 5.57. The molecule has 2 aromatic carbocycles. The molecule has 0 aliphatic rings. The number of anilines is 1. The number of nitrogens with one attached hydrogen (secondary N) is 1. The average Bonchev–Trinajstić information content (AvgIpc) is 2.54. The zero-order valence-electron chi connectivity index (χ0n) is 12.9. The molecule has 0 spiro atoms. The van der Waals surface area contributed by atoms with Crippen molar-refractivity contribution in [3.63, 3.8) is 0 Å². The number of halogens is 2. The zero-order chi connectivity index (χ0) is 16.7. The van der Waals surface area contributed by atoms with E-state index in [1.807, 2.05) is 36.4 Å². The number of rotatable bonds is 7. The maximum absolute atomic E-state index is 12.0. The van der Waals surface area contributed by atoms with Crippen LogP contribution in [0.1, 0.15) is 25.3 Å². The number of carbonyl (C=O) groups excluding carboxylic acids is 1. The summed E-state index contributed by atoms with van der Waals surface area (Å²) in [4.78, 5) is 12.0. The molecule has 0 bridgehead atoms. The first kappa shape index (κ1) is 18.0. The molecule has 0 aliphatic heterocycles. The minimum Gasteiger partial charge on any atom is -0.484 e. The molecule has 2 rings (SSSR count). The van der Waals surface area contributed by atoms with E-state index in [1.165, 1.54) is 18.4 Å². The summed E-state index contributed by atoms with van der Waals surface area (Å²) in [5.74, 6) is 0.479. The van der Waals surface area contributed by atoms with Crippen molar-refractivity contribution >= 4 is 43.5 Å². The lowest BCUT2D eigenvalue weighted by atomic mass is 10.1. The van der Waals surface area contributed by atoms with Crippen LogP contribution in [0.2, 0.25) is 0 Å². The Morgan fingerprint density at radius 1 is 1.13 bits per heavy atom. The molecule has 2 aromatic rings. The van der Waals surface area contributed by atoms with Gasteiger partial charge < -0.3 is 10.1 Å². The van der Waals surface area contributed by atoms with Crippen LogP contribution in [-0.2, 0) is 11.2 Å². The smallest absolute Gasteiger partial charge is 0.262 e. The molecular weight excluding hydrogens is 422 g/mol. The SMILES string of the molecule is CCCCc1ccc(NC(=O)COc2ccc(Br)cc2)c(Br)c1. The van der Waals surface area contributed by atoms with Crippen molar-refractivity contribution in [2.45, 2.75) is 26.2 Å². The topological polar surface area (TPSA) is 38.3 Å². The fourth-order valence-electron chi connectivity index (χ4n) is 2.06. The van der Waals surface area contributed by atoms with E-state index in [4.69, 9.17) is 4.74 Å². The van der Waals surface area contributed by atoms with E-state index >= 15 is 0 Å². The van der Waals surface area contributed by atoms with Crippen molar-refractivity contribution in [2.75, 3.05) is 11.9 Å². The van der Waals surface area contributed by atoms with Crippen LogP contribution >= 0.6 is 31.9 Å². The number of hydrogen-bond donors (Lipinski definition) is 1. The number of carbonyl (C=O) groups is 1. The average molecular weight is 441 g/mol. The number of unbranched alkanes of at least 4 members (excludes halogenated alkanes) is 1. The second-order valence-corrected chi connectivity index (χ2v) is 6.98. The van der Waals surface area contributed by atoms with Gasteiger partial charge in [0.2, 0.25) is 0 Å². The molecule has 1 N–H and O–H groups in total. The van der Waals surface area contributed by atoms with Gasteiger partial charge in [-0.3, -0.25) is 4.79 Å². The fraction of sp³-hybridized carbons (Fsp3) is 0.278. The standard InChI is InChI=1S/C18H19Br2NO2/c1-2-3-4-13-5-10-17(16(20)11-13)21-18(22)12-23-15-8-6-14(19)7-9-15/h5-11H,2-4,12H2,1H3,(H,21,22). The highest BCUT2D eigenvalue weighted by molar-refractivity contribution is 9.10. The van der Waals surface area contributed by atoms with Gasteiger partial charge in [0.1, 0.15) is 5.75 Å². The van der Waals surface area contributed by atoms with Gasteiger partial charge in [-0.15, -0.1) is 0 Å². The summed E-state index contributed by atoms with van der Waals surface area (Å²) in [6, 6.07) is 13.4. The molecule has 23 heavy (non-hydrogen) atoms. The third-order valence-corrected chi connectivity index (χ3v) is 4.49. The van der Waals surface area contributed by atoms with E-state index in [1.54, 1.807) is 0 Å². The largest absolute Gasteiger partial charge is 0.484 e. The van der Waals surface area contributed by atoms with Crippen LogP contribution in [0.25, 0.3) is 0 Å². The molecule has 0 aromatic heterocycles. The Hall–Kier alpha value is -1.33. The minimum atomic E-state index is -0.185. The van der Waals surface area contributed by atoms with Crippen molar-refractivity contribution in [1.82, 2.24) is 0 Å². The van der Waals surface area contributed by atoms with Crippen molar-refractivity contribution < 1.29 is 9.53 Å². The quantitative estimate of drug-likeness (QED) is 0.610. The summed E-state index contributed by atoms with van der Waals surface area (Å²) >= 11 is 6.87. The second-order valence-electron chi connectivity index (χ2n) is 5.21. The predicted molar refractivity (Wildman–Crippen MR) is 101 cm³/mol. The Kier molecular flexibility index (Phi) is 7.12. The van der Waals surface area contributed by atoms with Crippen molar-refractivity contribution in [1.29, 1.82) is 0 Å². The summed E-state index contributed by atoms with van der Waals surface area (Å²) in [5, 5.41) is 2.86. The van der Waals surface area contributed by atoms with Crippen molar-refractivity contribution in [3.8, 4) is 5.75 Å². The first-order chi connectivity index (χ1) is 11.1. The van der Waals surface area contributed by atoms with E-state index in [-0.39, 0.29) is 12.5 Å². The monoisotopic (exact) mass is 439 g/mol. The molecule has 0 saturated heterocycles. The second kappa shape index (κ2) is 9.08. The molecule has 0 radical (unpaired) electrons. The van der Waals surface area contributed by atoms with E-state index in [9.17, 15) is 4.79 Å². The fourth-order valence-corrected chi connectivity index (χ4v) is 2.85. The number of aryl methyl sites for hydroxylation is 1. The molecule has 122 valence electrons. The highest BCUT2D eigenvalue weighted by atomic mass is 79.9. The van der Waals surface area contributed by atoms with Crippen LogP contribution in [0.5, 0.6) is 5.75 Å². The van der Waals surface area contributed by atoms with E-state index < -0.39 is 0 Å². The Bertz CT molecular complexity index is 657. The van der Waals surface area contributed by atoms with Crippen LogP contribution in [0, 0.1) is 0 Å². The molecule has 0 unspecified atom stereocenters. The normalized spacial score (nSPS) is 10.4. The number of benzene rings is 2. The summed E-state index contributed by atoms with van der Waals surface area (Å²) in [6.45, 7) is 2.15. The summed E-state index contributed by atoms with van der Waals surface area (Å²) in [5.41, 5.74) is 2.03. The van der Waals surface area contributed by atoms with Crippen molar-refractivity contribution in [3.05, 3.63) is 57.0 Å². The first-order valence-corrected chi connectivity index (χ1v) is 9.13. The van der Waals surface area contributed by atoms with Crippen LogP contribution in [-0.4, -0.2) is 12.5 Å². The highest BCUT2D eigenvalue weighted by Gasteiger charge is 2.07. The third-order valence-electron chi connectivity index (χ3n) is 3.31. The maximum atomic E-state index is 12.0. The van der Waals surface area contributed by atoms with Crippen LogP contribution < -0.4 is 10.1 Å². The van der Waals surface area contributed by atoms with E-state index in [0.717, 1.165) is 21.1 Å². The Labute approximate surface area is 153 Å². The van der Waals surface area contributed by atoms with Gasteiger partial charge in [-0.05, 0) is 70.7 Å². The summed E-state index contributed by atoms with van der Waals surface area (Å²) < 4.78 is 7.33. The molecule has 0 saturated carbocycles. The third kappa shape index (κ3) is 5.99. The highest BCUT2D eigenvalue weighted by Crippen LogP contribution is 2.24. The number of ether oxygens (including phenoxy) is 1. The zero-order valence-corrected chi connectivity index (χ0v) is 16.1. The number of amides is 1. The van der Waals surface area contributed by atoms with E-state index in [0.29, 0.717) is 5.75 Å². The van der Waals surface area contributed by atoms with Gasteiger partial charge in [0.25, 0.3) is 5.91 Å². The molecule has 0 aliphatic carbocycles. The summed E-state index contributed by atoms with van der Waals surface area (Å²) in [7, 11) is 0. The van der Waals surface area contributed by atoms with Gasteiger partial charge in [-0.2, -0.15) is 0 Å². The van der Waals surface area contributed by atoms with Crippen LogP contribution in [0.4, 0.5) is 5.69 Å². The molecule has 3 nitrogen and oxygen atoms in total. The lowest BCUT2D eigenvalue weighted by Gasteiger charge is -2.10. The van der Waals surface area contributed by atoms with Gasteiger partial charge in [-0.25, -0.2) is 0 Å². The van der Waals surface area contributed by atoms with Crippen molar-refractivity contribution in [2.24, 2.45) is 0 Å². The molecule has 0 heterocycles. The molecular formula is C18H19Br2NO2. The molecule has 0 fully saturated rings. The molecule has 5 heteroatoms. The molecule has 0 atom stereocenters. The lowest BCUT2D eigenvalue weighted by molar-refractivity contribution is -0.118. The minimum absolute atomic E-state index is 0.0222. The Morgan fingerprint density at radius 3 is 2.52 bits per heavy atom. The van der Waals surface area contributed by atoms with Crippen LogP contribution in [0.3, 0.4) is 0 Å². The Balaban J connectivity index is 1.88. The first-order valence-electron chi connectivity index (χ1n) is 7.55. The Morgan fingerprint density at radius 2 is 1.87 bits per heavy atom. The van der Waals surface area contributed by atoms with Gasteiger partial charge >= 0.3 is 0 Å². The van der Waals surface area contributed by atoms with Gasteiger partial charge in [0, 0.05) is 8.95 Å². The van der Waals surface area contributed by atoms with Gasteiger partial charge in [0.05, 0.1) is 5.69 Å².